The van der Waals surface area contributed by atoms with Gasteiger partial charge < -0.3 is 5.32 Å². The van der Waals surface area contributed by atoms with Crippen molar-refractivity contribution in [2.75, 3.05) is 26.2 Å². The van der Waals surface area contributed by atoms with Gasteiger partial charge in [0.2, 0.25) is 0 Å². The Bertz CT molecular complexity index is 412. The van der Waals surface area contributed by atoms with Crippen LogP contribution in [0.1, 0.15) is 5.56 Å². The molecule has 1 aromatic rings. The van der Waals surface area contributed by atoms with E-state index in [0.29, 0.717) is 0 Å². The number of halogens is 2. The molecule has 3 rings (SSSR count). The zero-order valence-corrected chi connectivity index (χ0v) is 11.2. The topological polar surface area (TPSA) is 15.3 Å². The van der Waals surface area contributed by atoms with Crippen molar-refractivity contribution < 1.29 is 4.39 Å². The fourth-order valence-corrected chi connectivity index (χ4v) is 3.36. The summed E-state index contributed by atoms with van der Waals surface area (Å²) < 4.78 is 14.2. The fourth-order valence-electron chi connectivity index (χ4n) is 2.99. The highest BCUT2D eigenvalue weighted by Gasteiger charge is 2.35. The second-order valence-corrected chi connectivity index (χ2v) is 5.96. The Labute approximate surface area is 109 Å². The lowest BCUT2D eigenvalue weighted by Crippen LogP contribution is -2.25. The van der Waals surface area contributed by atoms with Crippen LogP contribution in [0.4, 0.5) is 4.39 Å². The summed E-state index contributed by atoms with van der Waals surface area (Å²) in [6.45, 7) is 5.42. The summed E-state index contributed by atoms with van der Waals surface area (Å²) in [5.74, 6) is 1.44. The number of fused-ring (bicyclic) bond motifs is 1. The van der Waals surface area contributed by atoms with Gasteiger partial charge in [-0.1, -0.05) is 15.9 Å². The number of hydrogen-bond donors (Lipinski definition) is 1. The second-order valence-electron chi connectivity index (χ2n) is 5.11. The third kappa shape index (κ3) is 2.39. The van der Waals surface area contributed by atoms with Crippen molar-refractivity contribution in [3.8, 4) is 0 Å². The van der Waals surface area contributed by atoms with E-state index in [1.165, 1.54) is 6.07 Å². The minimum absolute atomic E-state index is 0.149. The van der Waals surface area contributed by atoms with Gasteiger partial charge in [0.05, 0.1) is 0 Å². The van der Waals surface area contributed by atoms with Crippen LogP contribution in [0.25, 0.3) is 0 Å². The van der Waals surface area contributed by atoms with Gasteiger partial charge in [0.15, 0.2) is 0 Å². The van der Waals surface area contributed by atoms with Gasteiger partial charge in [-0.3, -0.25) is 4.90 Å². The molecule has 2 heterocycles. The zero-order chi connectivity index (χ0) is 11.8. The van der Waals surface area contributed by atoms with Gasteiger partial charge in [0.1, 0.15) is 5.82 Å². The molecule has 0 aromatic heterocycles. The molecule has 2 saturated heterocycles. The molecule has 2 fully saturated rings. The summed E-state index contributed by atoms with van der Waals surface area (Å²) in [6, 6.07) is 4.93. The highest BCUT2D eigenvalue weighted by Crippen LogP contribution is 2.29. The molecule has 2 nitrogen and oxygen atoms in total. The molecule has 0 saturated carbocycles. The van der Waals surface area contributed by atoms with Crippen molar-refractivity contribution in [3.63, 3.8) is 0 Å². The van der Waals surface area contributed by atoms with Crippen LogP contribution in [0.3, 0.4) is 0 Å². The first-order valence-corrected chi connectivity index (χ1v) is 6.88. The van der Waals surface area contributed by atoms with Crippen molar-refractivity contribution >= 4 is 15.9 Å². The van der Waals surface area contributed by atoms with Gasteiger partial charge in [0, 0.05) is 24.1 Å². The van der Waals surface area contributed by atoms with Gasteiger partial charge in [-0.15, -0.1) is 0 Å². The third-order valence-electron chi connectivity index (χ3n) is 3.87. The van der Waals surface area contributed by atoms with E-state index in [1.54, 1.807) is 12.1 Å². The Kier molecular flexibility index (Phi) is 3.19. The third-order valence-corrected chi connectivity index (χ3v) is 4.64. The van der Waals surface area contributed by atoms with Crippen molar-refractivity contribution in [2.45, 2.75) is 6.54 Å². The first-order valence-electron chi connectivity index (χ1n) is 6.09. The molecule has 1 aromatic carbocycles. The number of nitrogens with one attached hydrogen (secondary N) is 1. The minimum atomic E-state index is -0.149. The van der Waals surface area contributed by atoms with Crippen molar-refractivity contribution in [1.82, 2.24) is 10.2 Å². The summed E-state index contributed by atoms with van der Waals surface area (Å²) >= 11 is 3.49. The van der Waals surface area contributed by atoms with Crippen molar-refractivity contribution in [2.24, 2.45) is 11.8 Å². The zero-order valence-electron chi connectivity index (χ0n) is 9.63. The van der Waals surface area contributed by atoms with Crippen molar-refractivity contribution in [1.29, 1.82) is 0 Å². The molecule has 0 unspecified atom stereocenters. The number of nitrogens with zero attached hydrogens (tertiary/aromatic N) is 1. The van der Waals surface area contributed by atoms with Crippen LogP contribution in [0, 0.1) is 17.7 Å². The normalized spacial score (nSPS) is 28.6. The Morgan fingerprint density at radius 2 is 2.00 bits per heavy atom. The maximum atomic E-state index is 13.2. The van der Waals surface area contributed by atoms with Crippen LogP contribution in [-0.4, -0.2) is 31.1 Å². The SMILES string of the molecule is Fc1ccc(Br)c(CN2C[C@H]3CNC[C@H]3C2)c1. The molecule has 2 aliphatic heterocycles. The van der Waals surface area contributed by atoms with Gasteiger partial charge in [-0.25, -0.2) is 4.39 Å². The van der Waals surface area contributed by atoms with E-state index in [2.05, 4.69) is 26.1 Å². The van der Waals surface area contributed by atoms with Gasteiger partial charge >= 0.3 is 0 Å². The average Bonchev–Trinajstić information content (AvgIpc) is 2.83. The molecule has 0 amide bonds. The number of benzene rings is 1. The first kappa shape index (κ1) is 11.6. The predicted molar refractivity (Wildman–Crippen MR) is 69.2 cm³/mol. The standard InChI is InChI=1S/C13H16BrFN2/c14-13-2-1-12(15)3-9(13)6-17-7-10-4-16-5-11(10)8-17/h1-3,10-11,16H,4-8H2/t10-,11+. The summed E-state index contributed by atoms with van der Waals surface area (Å²) in [4.78, 5) is 2.44. The molecule has 0 aliphatic carbocycles. The lowest BCUT2D eigenvalue weighted by molar-refractivity contribution is 0.304. The molecule has 1 N–H and O–H groups in total. The summed E-state index contributed by atoms with van der Waals surface area (Å²) in [5, 5.41) is 3.43. The predicted octanol–water partition coefficient (Wildman–Crippen LogP) is 2.24. The Hall–Kier alpha value is -0.450. The van der Waals surface area contributed by atoms with Crippen LogP contribution >= 0.6 is 15.9 Å². The molecule has 4 heteroatoms. The molecular formula is C13H16BrFN2. The Morgan fingerprint density at radius 3 is 2.71 bits per heavy atom. The molecule has 92 valence electrons. The number of rotatable bonds is 2. The van der Waals surface area contributed by atoms with E-state index in [4.69, 9.17) is 0 Å². The fraction of sp³-hybridized carbons (Fsp3) is 0.538. The molecule has 2 aliphatic rings. The lowest BCUT2D eigenvalue weighted by atomic mass is 10.0. The highest BCUT2D eigenvalue weighted by atomic mass is 79.9. The van der Waals surface area contributed by atoms with Crippen molar-refractivity contribution in [3.05, 3.63) is 34.1 Å². The molecule has 17 heavy (non-hydrogen) atoms. The van der Waals surface area contributed by atoms with E-state index in [1.807, 2.05) is 0 Å². The van der Waals surface area contributed by atoms with E-state index in [-0.39, 0.29) is 5.82 Å². The molecular weight excluding hydrogens is 283 g/mol. The summed E-state index contributed by atoms with van der Waals surface area (Å²) in [7, 11) is 0. The average molecular weight is 299 g/mol. The van der Waals surface area contributed by atoms with E-state index >= 15 is 0 Å². The van der Waals surface area contributed by atoms with Crippen LogP contribution in [-0.2, 0) is 6.54 Å². The van der Waals surface area contributed by atoms with Gasteiger partial charge in [-0.05, 0) is 48.7 Å². The smallest absolute Gasteiger partial charge is 0.123 e. The van der Waals surface area contributed by atoms with Gasteiger partial charge in [0.25, 0.3) is 0 Å². The molecule has 2 atom stereocenters. The molecule has 0 radical (unpaired) electrons. The monoisotopic (exact) mass is 298 g/mol. The largest absolute Gasteiger partial charge is 0.316 e. The first-order chi connectivity index (χ1) is 8.22. The Morgan fingerprint density at radius 1 is 1.29 bits per heavy atom. The van der Waals surface area contributed by atoms with Crippen LogP contribution in [0.15, 0.2) is 22.7 Å². The maximum absolute atomic E-state index is 13.2. The maximum Gasteiger partial charge on any atom is 0.123 e. The number of likely N-dealkylation sites (tertiary alicyclic amines) is 1. The Balaban J connectivity index is 1.69. The van der Waals surface area contributed by atoms with E-state index in [9.17, 15) is 4.39 Å². The molecule has 0 spiro atoms. The van der Waals surface area contributed by atoms with E-state index < -0.39 is 0 Å². The minimum Gasteiger partial charge on any atom is -0.316 e. The number of hydrogen-bond acceptors (Lipinski definition) is 2. The van der Waals surface area contributed by atoms with E-state index in [0.717, 1.165) is 54.6 Å². The highest BCUT2D eigenvalue weighted by molar-refractivity contribution is 9.10. The van der Waals surface area contributed by atoms with Crippen LogP contribution < -0.4 is 5.32 Å². The summed E-state index contributed by atoms with van der Waals surface area (Å²) in [5.41, 5.74) is 1.05. The quantitative estimate of drug-likeness (QED) is 0.901. The van der Waals surface area contributed by atoms with Crippen LogP contribution in [0.2, 0.25) is 0 Å². The lowest BCUT2D eigenvalue weighted by Gasteiger charge is -2.17. The molecule has 0 bridgehead atoms. The summed E-state index contributed by atoms with van der Waals surface area (Å²) in [6.07, 6.45) is 0. The second kappa shape index (κ2) is 4.67. The van der Waals surface area contributed by atoms with Crippen LogP contribution in [0.5, 0.6) is 0 Å². The van der Waals surface area contributed by atoms with Gasteiger partial charge in [-0.2, -0.15) is 0 Å².